The largest absolute Gasteiger partial charge is 0.491 e. The Hall–Kier alpha value is -1.09. The van der Waals surface area contributed by atoms with Crippen molar-refractivity contribution in [1.29, 1.82) is 0 Å². The molecule has 1 saturated heterocycles. The Labute approximate surface area is 91.5 Å². The van der Waals surface area contributed by atoms with E-state index < -0.39 is 0 Å². The first kappa shape index (κ1) is 12.0. The number of rotatable bonds is 4. The molecule has 0 aromatic heterocycles. The number of allylic oxidation sites excluding steroid dienone is 1. The van der Waals surface area contributed by atoms with Crippen molar-refractivity contribution < 1.29 is 9.47 Å². The lowest BCUT2D eigenvalue weighted by molar-refractivity contribution is -0.0856. The van der Waals surface area contributed by atoms with Crippen LogP contribution in [-0.2, 0) is 9.47 Å². The Kier molecular flexibility index (Phi) is 4.56. The van der Waals surface area contributed by atoms with Gasteiger partial charge in [-0.25, -0.2) is 0 Å². The summed E-state index contributed by atoms with van der Waals surface area (Å²) >= 11 is 0. The second kappa shape index (κ2) is 5.71. The van der Waals surface area contributed by atoms with Gasteiger partial charge in [0.15, 0.2) is 0 Å². The van der Waals surface area contributed by atoms with Gasteiger partial charge in [-0.2, -0.15) is 0 Å². The van der Waals surface area contributed by atoms with Crippen LogP contribution >= 0.6 is 0 Å². The summed E-state index contributed by atoms with van der Waals surface area (Å²) in [6, 6.07) is 0. The summed E-state index contributed by atoms with van der Waals surface area (Å²) in [6.07, 6.45) is 5.84. The fourth-order valence-electron chi connectivity index (χ4n) is 1.83. The zero-order valence-corrected chi connectivity index (χ0v) is 9.48. The Morgan fingerprint density at radius 3 is 2.53 bits per heavy atom. The summed E-state index contributed by atoms with van der Waals surface area (Å²) in [5.74, 6) is 0.633. The highest BCUT2D eigenvalue weighted by Crippen LogP contribution is 2.23. The van der Waals surface area contributed by atoms with Crippen LogP contribution in [0.3, 0.4) is 0 Å². The van der Waals surface area contributed by atoms with Crippen LogP contribution in [0, 0.1) is 0 Å². The van der Waals surface area contributed by atoms with E-state index in [9.17, 15) is 0 Å². The summed E-state index contributed by atoms with van der Waals surface area (Å²) in [4.78, 5) is 3.60. The van der Waals surface area contributed by atoms with Crippen LogP contribution in [0.5, 0.6) is 0 Å². The summed E-state index contributed by atoms with van der Waals surface area (Å²) in [7, 11) is 0. The van der Waals surface area contributed by atoms with Gasteiger partial charge >= 0.3 is 0 Å². The molecule has 1 heterocycles. The molecule has 2 atom stereocenters. The minimum Gasteiger partial charge on any atom is -0.491 e. The molecule has 1 aliphatic heterocycles. The van der Waals surface area contributed by atoms with Crippen LogP contribution in [0.15, 0.2) is 29.6 Å². The van der Waals surface area contributed by atoms with Gasteiger partial charge in [0.2, 0.25) is 0 Å². The van der Waals surface area contributed by atoms with E-state index in [2.05, 4.69) is 32.1 Å². The standard InChI is InChI=1S/C12H19NO2/c1-9(5-6-13-4)15-12-7-10(2)14-11(3)8-12/h5-6,10-12H,1,4,7-8H2,2-3H3/b6-5-. The van der Waals surface area contributed by atoms with Crippen LogP contribution in [0.25, 0.3) is 0 Å². The molecule has 0 amide bonds. The highest BCUT2D eigenvalue weighted by atomic mass is 16.5. The molecule has 3 heteroatoms. The first-order valence-corrected chi connectivity index (χ1v) is 5.25. The molecular weight excluding hydrogens is 190 g/mol. The van der Waals surface area contributed by atoms with Gasteiger partial charge in [-0.05, 0) is 26.6 Å². The summed E-state index contributed by atoms with van der Waals surface area (Å²) < 4.78 is 11.3. The summed E-state index contributed by atoms with van der Waals surface area (Å²) in [5, 5.41) is 0. The lowest BCUT2D eigenvalue weighted by Gasteiger charge is -2.32. The lowest BCUT2D eigenvalue weighted by atomic mass is 10.0. The van der Waals surface area contributed by atoms with Gasteiger partial charge in [-0.3, -0.25) is 4.99 Å². The van der Waals surface area contributed by atoms with E-state index in [-0.39, 0.29) is 18.3 Å². The van der Waals surface area contributed by atoms with E-state index in [1.165, 1.54) is 0 Å². The molecule has 0 radical (unpaired) electrons. The van der Waals surface area contributed by atoms with E-state index in [0.29, 0.717) is 5.76 Å². The molecule has 0 aromatic carbocycles. The molecule has 0 aliphatic carbocycles. The van der Waals surface area contributed by atoms with Crippen molar-refractivity contribution in [3.05, 3.63) is 24.6 Å². The van der Waals surface area contributed by atoms with Crippen LogP contribution in [0.1, 0.15) is 26.7 Å². The summed E-state index contributed by atoms with van der Waals surface area (Å²) in [5.41, 5.74) is 0. The Bertz CT molecular complexity index is 250. The maximum Gasteiger partial charge on any atom is 0.114 e. The van der Waals surface area contributed by atoms with Crippen LogP contribution in [0.2, 0.25) is 0 Å². The van der Waals surface area contributed by atoms with Crippen molar-refractivity contribution in [3.8, 4) is 0 Å². The first-order valence-electron chi connectivity index (χ1n) is 5.25. The van der Waals surface area contributed by atoms with Crippen molar-refractivity contribution >= 4 is 6.72 Å². The third kappa shape index (κ3) is 4.30. The van der Waals surface area contributed by atoms with Gasteiger partial charge in [0, 0.05) is 19.0 Å². The molecule has 84 valence electrons. The molecule has 0 saturated carbocycles. The predicted molar refractivity (Wildman–Crippen MR) is 61.9 cm³/mol. The monoisotopic (exact) mass is 209 g/mol. The molecular formula is C12H19NO2. The number of aliphatic imine (C=N–C) groups is 1. The molecule has 2 unspecified atom stereocenters. The van der Waals surface area contributed by atoms with Crippen molar-refractivity contribution in [2.45, 2.75) is 45.0 Å². The zero-order chi connectivity index (χ0) is 11.3. The van der Waals surface area contributed by atoms with Crippen LogP contribution in [-0.4, -0.2) is 25.0 Å². The maximum absolute atomic E-state index is 5.69. The second-order valence-electron chi connectivity index (χ2n) is 3.93. The number of hydrogen-bond acceptors (Lipinski definition) is 3. The van der Waals surface area contributed by atoms with Gasteiger partial charge in [-0.1, -0.05) is 6.58 Å². The van der Waals surface area contributed by atoms with E-state index in [4.69, 9.17) is 9.47 Å². The fourth-order valence-corrected chi connectivity index (χ4v) is 1.83. The molecule has 0 bridgehead atoms. The van der Waals surface area contributed by atoms with Gasteiger partial charge < -0.3 is 9.47 Å². The van der Waals surface area contributed by atoms with Gasteiger partial charge in [-0.15, -0.1) is 0 Å². The van der Waals surface area contributed by atoms with Crippen molar-refractivity contribution in [2.75, 3.05) is 0 Å². The molecule has 15 heavy (non-hydrogen) atoms. The maximum atomic E-state index is 5.69. The van der Waals surface area contributed by atoms with Crippen molar-refractivity contribution in [1.82, 2.24) is 0 Å². The van der Waals surface area contributed by atoms with Gasteiger partial charge in [0.25, 0.3) is 0 Å². The fraction of sp³-hybridized carbons (Fsp3) is 0.583. The minimum absolute atomic E-state index is 0.200. The number of hydrogen-bond donors (Lipinski definition) is 0. The Morgan fingerprint density at radius 2 is 2.00 bits per heavy atom. The number of nitrogens with zero attached hydrogens (tertiary/aromatic N) is 1. The third-order valence-corrected chi connectivity index (χ3v) is 2.34. The van der Waals surface area contributed by atoms with E-state index in [1.807, 2.05) is 0 Å². The van der Waals surface area contributed by atoms with Crippen LogP contribution < -0.4 is 0 Å². The lowest BCUT2D eigenvalue weighted by Crippen LogP contribution is -2.33. The van der Waals surface area contributed by atoms with Crippen molar-refractivity contribution in [2.24, 2.45) is 4.99 Å². The molecule has 1 fully saturated rings. The smallest absolute Gasteiger partial charge is 0.114 e. The first-order chi connectivity index (χ1) is 7.11. The average molecular weight is 209 g/mol. The van der Waals surface area contributed by atoms with Crippen molar-refractivity contribution in [3.63, 3.8) is 0 Å². The molecule has 1 rings (SSSR count). The molecule has 1 aliphatic rings. The SMILES string of the molecule is C=N/C=C\C(=C)OC1CC(C)OC(C)C1. The van der Waals surface area contributed by atoms with E-state index in [0.717, 1.165) is 12.8 Å². The normalized spacial score (nSPS) is 31.5. The second-order valence-corrected chi connectivity index (χ2v) is 3.93. The van der Waals surface area contributed by atoms with E-state index in [1.54, 1.807) is 12.3 Å². The van der Waals surface area contributed by atoms with Gasteiger partial charge in [0.05, 0.1) is 12.2 Å². The predicted octanol–water partition coefficient (Wildman–Crippen LogP) is 2.69. The highest BCUT2D eigenvalue weighted by molar-refractivity contribution is 5.26. The minimum atomic E-state index is 0.200. The Balaban J connectivity index is 2.40. The molecule has 0 N–H and O–H groups in total. The summed E-state index contributed by atoms with van der Waals surface area (Å²) in [6.45, 7) is 11.3. The average Bonchev–Trinajstić information content (AvgIpc) is 2.13. The third-order valence-electron chi connectivity index (χ3n) is 2.34. The topological polar surface area (TPSA) is 30.8 Å². The quantitative estimate of drug-likeness (QED) is 0.405. The Morgan fingerprint density at radius 1 is 1.40 bits per heavy atom. The number of ether oxygens (including phenoxy) is 2. The van der Waals surface area contributed by atoms with Gasteiger partial charge in [0.1, 0.15) is 11.9 Å². The van der Waals surface area contributed by atoms with E-state index >= 15 is 0 Å². The highest BCUT2D eigenvalue weighted by Gasteiger charge is 2.25. The zero-order valence-electron chi connectivity index (χ0n) is 9.48. The molecule has 3 nitrogen and oxygen atoms in total. The molecule has 0 aromatic rings. The molecule has 0 spiro atoms. The van der Waals surface area contributed by atoms with Crippen LogP contribution in [0.4, 0.5) is 0 Å².